The fraction of sp³-hybridized carbons (Fsp3) is 0.562. The van der Waals surface area contributed by atoms with E-state index in [1.54, 1.807) is 26.2 Å². The van der Waals surface area contributed by atoms with Crippen LogP contribution in [0.3, 0.4) is 0 Å². The summed E-state index contributed by atoms with van der Waals surface area (Å²) in [4.78, 5) is 12.3. The second-order valence-electron chi connectivity index (χ2n) is 5.87. The van der Waals surface area contributed by atoms with E-state index in [0.717, 1.165) is 5.56 Å². The zero-order chi connectivity index (χ0) is 17.7. The van der Waals surface area contributed by atoms with E-state index in [-0.39, 0.29) is 16.7 Å². The molecular formula is C16H23ClN2O4S. The van der Waals surface area contributed by atoms with E-state index in [1.165, 1.54) is 10.4 Å². The third kappa shape index (κ3) is 4.47. The molecule has 24 heavy (non-hydrogen) atoms. The first kappa shape index (κ1) is 19.2. The van der Waals surface area contributed by atoms with Gasteiger partial charge in [-0.05, 0) is 43.5 Å². The first-order chi connectivity index (χ1) is 11.4. The van der Waals surface area contributed by atoms with Gasteiger partial charge >= 0.3 is 0 Å². The molecule has 0 aliphatic carbocycles. The lowest BCUT2D eigenvalue weighted by Crippen LogP contribution is -2.43. The van der Waals surface area contributed by atoms with Crippen LogP contribution in [0.4, 0.5) is 0 Å². The molecule has 0 spiro atoms. The van der Waals surface area contributed by atoms with Gasteiger partial charge in [-0.15, -0.1) is 0 Å². The van der Waals surface area contributed by atoms with Gasteiger partial charge in [-0.25, -0.2) is 8.42 Å². The van der Waals surface area contributed by atoms with Crippen molar-refractivity contribution in [2.24, 2.45) is 5.92 Å². The number of amides is 1. The Balaban J connectivity index is 1.98. The highest BCUT2D eigenvalue weighted by atomic mass is 35.5. The lowest BCUT2D eigenvalue weighted by Gasteiger charge is -2.30. The summed E-state index contributed by atoms with van der Waals surface area (Å²) >= 11 is 5.96. The fourth-order valence-corrected chi connectivity index (χ4v) is 4.38. The Morgan fingerprint density at radius 3 is 2.62 bits per heavy atom. The molecule has 0 atom stereocenters. The first-order valence-electron chi connectivity index (χ1n) is 7.89. The van der Waals surface area contributed by atoms with Gasteiger partial charge in [0.1, 0.15) is 0 Å². The number of rotatable bonds is 6. The average molecular weight is 375 g/mol. The minimum absolute atomic E-state index is 0.0357. The van der Waals surface area contributed by atoms with Crippen LogP contribution in [-0.4, -0.2) is 52.0 Å². The van der Waals surface area contributed by atoms with Gasteiger partial charge in [0.05, 0.1) is 11.5 Å². The molecule has 134 valence electrons. The molecule has 0 unspecified atom stereocenters. The second-order valence-corrected chi connectivity index (χ2v) is 8.22. The molecule has 1 fully saturated rings. The third-order valence-electron chi connectivity index (χ3n) is 4.20. The van der Waals surface area contributed by atoms with Crippen LogP contribution in [0.1, 0.15) is 18.4 Å². The molecule has 1 amide bonds. The minimum Gasteiger partial charge on any atom is -0.383 e. The van der Waals surface area contributed by atoms with Gasteiger partial charge in [-0.1, -0.05) is 11.6 Å². The van der Waals surface area contributed by atoms with Gasteiger partial charge in [-0.2, -0.15) is 4.31 Å². The van der Waals surface area contributed by atoms with E-state index in [1.807, 2.05) is 0 Å². The number of carbonyl (C=O) groups excluding carboxylic acids is 1. The van der Waals surface area contributed by atoms with E-state index < -0.39 is 10.0 Å². The number of benzene rings is 1. The molecule has 1 aliphatic heterocycles. The Kier molecular flexibility index (Phi) is 6.62. The van der Waals surface area contributed by atoms with Crippen molar-refractivity contribution in [1.82, 2.24) is 9.62 Å². The third-order valence-corrected chi connectivity index (χ3v) is 6.52. The van der Waals surface area contributed by atoms with Gasteiger partial charge in [0.2, 0.25) is 15.9 Å². The molecule has 0 aromatic heterocycles. The van der Waals surface area contributed by atoms with Crippen molar-refractivity contribution in [1.29, 1.82) is 0 Å². The summed E-state index contributed by atoms with van der Waals surface area (Å²) in [5, 5.41) is 3.35. The van der Waals surface area contributed by atoms with E-state index in [0.29, 0.717) is 44.1 Å². The zero-order valence-corrected chi connectivity index (χ0v) is 15.5. The van der Waals surface area contributed by atoms with Crippen molar-refractivity contribution in [2.45, 2.75) is 24.7 Å². The van der Waals surface area contributed by atoms with Gasteiger partial charge in [0.15, 0.2) is 0 Å². The van der Waals surface area contributed by atoms with E-state index >= 15 is 0 Å². The molecule has 0 radical (unpaired) electrons. The number of aryl methyl sites for hydroxylation is 1. The number of hydrogen-bond acceptors (Lipinski definition) is 4. The predicted molar refractivity (Wildman–Crippen MR) is 92.6 cm³/mol. The quantitative estimate of drug-likeness (QED) is 0.770. The summed E-state index contributed by atoms with van der Waals surface area (Å²) in [5.41, 5.74) is 0.727. The number of carbonyl (C=O) groups is 1. The Morgan fingerprint density at radius 1 is 1.38 bits per heavy atom. The average Bonchev–Trinajstić information content (AvgIpc) is 2.57. The predicted octanol–water partition coefficient (Wildman–Crippen LogP) is 1.81. The van der Waals surface area contributed by atoms with Crippen LogP contribution in [0.25, 0.3) is 0 Å². The van der Waals surface area contributed by atoms with Crippen LogP contribution < -0.4 is 5.32 Å². The number of piperidine rings is 1. The molecule has 1 heterocycles. The number of hydrogen-bond donors (Lipinski definition) is 1. The number of sulfonamides is 1. The summed E-state index contributed by atoms with van der Waals surface area (Å²) in [5.74, 6) is -0.188. The van der Waals surface area contributed by atoms with Crippen LogP contribution in [0, 0.1) is 12.8 Å². The monoisotopic (exact) mass is 374 g/mol. The van der Waals surface area contributed by atoms with Crippen molar-refractivity contribution in [2.75, 3.05) is 33.4 Å². The van der Waals surface area contributed by atoms with Crippen molar-refractivity contribution >= 4 is 27.5 Å². The van der Waals surface area contributed by atoms with Gasteiger partial charge < -0.3 is 10.1 Å². The number of nitrogens with one attached hydrogen (secondary N) is 1. The normalized spacial score (nSPS) is 17.0. The maximum absolute atomic E-state index is 12.7. The topological polar surface area (TPSA) is 75.7 Å². The van der Waals surface area contributed by atoms with Gasteiger partial charge in [0, 0.05) is 37.7 Å². The van der Waals surface area contributed by atoms with Crippen molar-refractivity contribution in [3.8, 4) is 0 Å². The lowest BCUT2D eigenvalue weighted by molar-refractivity contribution is -0.126. The highest BCUT2D eigenvalue weighted by Crippen LogP contribution is 2.26. The molecular weight excluding hydrogens is 352 g/mol. The summed E-state index contributed by atoms with van der Waals surface area (Å²) in [7, 11) is -1.97. The molecule has 8 heteroatoms. The molecule has 2 rings (SSSR count). The van der Waals surface area contributed by atoms with Crippen molar-refractivity contribution in [3.05, 3.63) is 28.8 Å². The summed E-state index contributed by atoms with van der Waals surface area (Å²) in [6.45, 7) is 3.39. The minimum atomic E-state index is -3.55. The second kappa shape index (κ2) is 8.29. The van der Waals surface area contributed by atoms with Crippen molar-refractivity contribution in [3.63, 3.8) is 0 Å². The summed E-state index contributed by atoms with van der Waals surface area (Å²) < 4.78 is 31.7. The van der Waals surface area contributed by atoms with E-state index in [2.05, 4.69) is 5.32 Å². The molecule has 1 aromatic rings. The van der Waals surface area contributed by atoms with Crippen LogP contribution in [0.15, 0.2) is 23.1 Å². The molecule has 6 nitrogen and oxygen atoms in total. The highest BCUT2D eigenvalue weighted by molar-refractivity contribution is 7.89. The number of ether oxygens (including phenoxy) is 1. The van der Waals surface area contributed by atoms with E-state index in [4.69, 9.17) is 16.3 Å². The highest BCUT2D eigenvalue weighted by Gasteiger charge is 2.32. The number of halogens is 1. The molecule has 0 bridgehead atoms. The number of nitrogens with zero attached hydrogens (tertiary/aromatic N) is 1. The van der Waals surface area contributed by atoms with Gasteiger partial charge in [0.25, 0.3) is 0 Å². The zero-order valence-electron chi connectivity index (χ0n) is 13.9. The standard InChI is InChI=1S/C16H23ClN2O4S/c1-12-11-14(3-4-15(12)17)24(21,22)19-8-5-13(6-9-19)16(20)18-7-10-23-2/h3-4,11,13H,5-10H2,1-2H3,(H,18,20). The molecule has 1 saturated heterocycles. The maximum Gasteiger partial charge on any atom is 0.243 e. The molecule has 1 aromatic carbocycles. The largest absolute Gasteiger partial charge is 0.383 e. The Labute approximate surface area is 148 Å². The summed E-state index contributed by atoms with van der Waals surface area (Å²) in [6, 6.07) is 4.70. The van der Waals surface area contributed by atoms with Crippen LogP contribution in [0.2, 0.25) is 5.02 Å². The van der Waals surface area contributed by atoms with Crippen LogP contribution in [0.5, 0.6) is 0 Å². The van der Waals surface area contributed by atoms with Crippen LogP contribution >= 0.6 is 11.6 Å². The Morgan fingerprint density at radius 2 is 2.04 bits per heavy atom. The van der Waals surface area contributed by atoms with Crippen LogP contribution in [-0.2, 0) is 19.6 Å². The SMILES string of the molecule is COCCNC(=O)C1CCN(S(=O)(=O)c2ccc(Cl)c(C)c2)CC1. The summed E-state index contributed by atoms with van der Waals surface area (Å²) in [6.07, 6.45) is 1.04. The lowest BCUT2D eigenvalue weighted by atomic mass is 9.97. The number of methoxy groups -OCH3 is 1. The maximum atomic E-state index is 12.7. The fourth-order valence-electron chi connectivity index (χ4n) is 2.71. The van der Waals surface area contributed by atoms with Crippen molar-refractivity contribution < 1.29 is 17.9 Å². The Bertz CT molecular complexity index is 685. The molecule has 0 saturated carbocycles. The van der Waals surface area contributed by atoms with Gasteiger partial charge in [-0.3, -0.25) is 4.79 Å². The molecule has 1 N–H and O–H groups in total. The molecule has 1 aliphatic rings. The van der Waals surface area contributed by atoms with E-state index in [9.17, 15) is 13.2 Å². The Hall–Kier alpha value is -1.15. The first-order valence-corrected chi connectivity index (χ1v) is 9.71. The smallest absolute Gasteiger partial charge is 0.243 e.